The maximum Gasteiger partial charge on any atom is 0.409 e. The van der Waals surface area contributed by atoms with E-state index in [4.69, 9.17) is 16.3 Å². The Labute approximate surface area is 159 Å². The van der Waals surface area contributed by atoms with Crippen molar-refractivity contribution >= 4 is 35.0 Å². The number of ether oxygens (including phenoxy) is 1. The molecule has 1 aliphatic heterocycles. The molecule has 140 valence electrons. The quantitative estimate of drug-likeness (QED) is 0.638. The van der Waals surface area contributed by atoms with Crippen LogP contribution in [0.1, 0.15) is 21.5 Å². The van der Waals surface area contributed by atoms with Gasteiger partial charge in [0.1, 0.15) is 0 Å². The van der Waals surface area contributed by atoms with Gasteiger partial charge in [0.2, 0.25) is 0 Å². The van der Waals surface area contributed by atoms with Gasteiger partial charge in [-0.1, -0.05) is 17.7 Å². The van der Waals surface area contributed by atoms with E-state index in [1.807, 2.05) is 6.07 Å². The summed E-state index contributed by atoms with van der Waals surface area (Å²) in [4.78, 5) is 36.1. The van der Waals surface area contributed by atoms with Crippen molar-refractivity contribution in [2.75, 3.05) is 19.0 Å². The third kappa shape index (κ3) is 4.01. The molecule has 0 aromatic heterocycles. The summed E-state index contributed by atoms with van der Waals surface area (Å²) in [6.07, 6.45) is 0.286. The lowest BCUT2D eigenvalue weighted by Gasteiger charge is -2.28. The number of hydrogen-bond acceptors (Lipinski definition) is 5. The first-order valence-corrected chi connectivity index (χ1v) is 8.47. The third-order valence-electron chi connectivity index (χ3n) is 4.31. The van der Waals surface area contributed by atoms with Crippen molar-refractivity contribution in [2.45, 2.75) is 13.0 Å². The summed E-state index contributed by atoms with van der Waals surface area (Å²) in [5.41, 5.74) is 2.28. The Morgan fingerprint density at radius 3 is 2.70 bits per heavy atom. The number of halogens is 1. The summed E-state index contributed by atoms with van der Waals surface area (Å²) < 4.78 is 4.75. The minimum atomic E-state index is -0.590. The second kappa shape index (κ2) is 7.63. The highest BCUT2D eigenvalue weighted by molar-refractivity contribution is 6.34. The number of anilines is 1. The molecule has 0 fully saturated rings. The molecule has 3 rings (SSSR count). The van der Waals surface area contributed by atoms with Gasteiger partial charge in [0.05, 0.1) is 22.6 Å². The van der Waals surface area contributed by atoms with E-state index in [0.717, 1.165) is 17.2 Å². The van der Waals surface area contributed by atoms with Crippen molar-refractivity contribution in [2.24, 2.45) is 0 Å². The van der Waals surface area contributed by atoms with E-state index in [9.17, 15) is 19.7 Å². The number of nitrogens with one attached hydrogen (secondary N) is 1. The Bertz CT molecular complexity index is 931. The number of non-ortho nitro benzene ring substituents is 1. The van der Waals surface area contributed by atoms with Crippen LogP contribution in [-0.2, 0) is 17.7 Å². The number of hydrogen-bond donors (Lipinski definition) is 1. The lowest BCUT2D eigenvalue weighted by atomic mass is 9.99. The maximum atomic E-state index is 12.5. The van der Waals surface area contributed by atoms with Crippen LogP contribution in [0.15, 0.2) is 36.4 Å². The number of rotatable bonds is 3. The fourth-order valence-corrected chi connectivity index (χ4v) is 3.12. The molecule has 1 aliphatic rings. The zero-order chi connectivity index (χ0) is 19.6. The van der Waals surface area contributed by atoms with Crippen LogP contribution in [-0.4, -0.2) is 35.5 Å². The summed E-state index contributed by atoms with van der Waals surface area (Å²) in [5, 5.41) is 13.7. The average Bonchev–Trinajstić information content (AvgIpc) is 2.66. The summed E-state index contributed by atoms with van der Waals surface area (Å²) in [5.74, 6) is -0.552. The highest BCUT2D eigenvalue weighted by Crippen LogP contribution is 2.26. The van der Waals surface area contributed by atoms with Crippen molar-refractivity contribution in [3.63, 3.8) is 0 Å². The van der Waals surface area contributed by atoms with Gasteiger partial charge in [-0.25, -0.2) is 4.79 Å². The predicted octanol–water partition coefficient (Wildman–Crippen LogP) is 3.63. The van der Waals surface area contributed by atoms with Crippen molar-refractivity contribution < 1.29 is 19.2 Å². The number of nitrogens with zero attached hydrogens (tertiary/aromatic N) is 2. The fraction of sp³-hybridized carbons (Fsp3) is 0.222. The molecule has 0 saturated heterocycles. The topological polar surface area (TPSA) is 102 Å². The molecule has 2 amide bonds. The largest absolute Gasteiger partial charge is 0.453 e. The molecule has 27 heavy (non-hydrogen) atoms. The van der Waals surface area contributed by atoms with Gasteiger partial charge in [0, 0.05) is 30.9 Å². The zero-order valence-electron chi connectivity index (χ0n) is 14.4. The normalized spacial score (nSPS) is 12.9. The molecular weight excluding hydrogens is 374 g/mol. The van der Waals surface area contributed by atoms with Crippen LogP contribution < -0.4 is 5.32 Å². The summed E-state index contributed by atoms with van der Waals surface area (Å²) in [7, 11) is 1.33. The molecule has 1 N–H and O–H groups in total. The molecule has 8 nitrogen and oxygen atoms in total. The molecule has 1 heterocycles. The molecule has 0 unspecified atom stereocenters. The van der Waals surface area contributed by atoms with Crippen molar-refractivity contribution in [1.29, 1.82) is 0 Å². The second-order valence-corrected chi connectivity index (χ2v) is 6.41. The van der Waals surface area contributed by atoms with Gasteiger partial charge in [-0.15, -0.1) is 0 Å². The van der Waals surface area contributed by atoms with Crippen LogP contribution in [0.25, 0.3) is 0 Å². The monoisotopic (exact) mass is 389 g/mol. The van der Waals surface area contributed by atoms with Gasteiger partial charge in [0.15, 0.2) is 0 Å². The Morgan fingerprint density at radius 2 is 2.00 bits per heavy atom. The van der Waals surface area contributed by atoms with Crippen molar-refractivity contribution in [3.8, 4) is 0 Å². The van der Waals surface area contributed by atoms with Crippen LogP contribution in [0, 0.1) is 10.1 Å². The van der Waals surface area contributed by atoms with Crippen LogP contribution in [0.5, 0.6) is 0 Å². The number of amides is 2. The first-order chi connectivity index (χ1) is 12.9. The second-order valence-electron chi connectivity index (χ2n) is 6.00. The number of carbonyl (C=O) groups is 2. The maximum absolute atomic E-state index is 12.5. The molecular formula is C18H16ClN3O5. The van der Waals surface area contributed by atoms with Gasteiger partial charge in [-0.2, -0.15) is 0 Å². The number of carbonyl (C=O) groups excluding carboxylic acids is 2. The van der Waals surface area contributed by atoms with Crippen LogP contribution in [0.2, 0.25) is 5.02 Å². The molecule has 9 heteroatoms. The summed E-state index contributed by atoms with van der Waals surface area (Å²) >= 11 is 6.01. The number of nitro benzene ring substituents is 1. The van der Waals surface area contributed by atoms with Crippen LogP contribution in [0.3, 0.4) is 0 Å². The molecule has 0 saturated carbocycles. The van der Waals surface area contributed by atoms with Gasteiger partial charge >= 0.3 is 6.09 Å². The summed E-state index contributed by atoms with van der Waals surface area (Å²) in [6, 6.07) is 9.09. The van der Waals surface area contributed by atoms with E-state index in [-0.39, 0.29) is 16.3 Å². The molecule has 0 aliphatic carbocycles. The predicted molar refractivity (Wildman–Crippen MR) is 99.0 cm³/mol. The molecule has 2 aromatic rings. The smallest absolute Gasteiger partial charge is 0.409 e. The van der Waals surface area contributed by atoms with Gasteiger partial charge in [-0.05, 0) is 35.7 Å². The van der Waals surface area contributed by atoms with Gasteiger partial charge in [-0.3, -0.25) is 14.9 Å². The standard InChI is InChI=1S/C18H16ClN3O5/c1-27-18(24)21-7-6-11-2-3-13(8-12(11)10-21)20-17(23)15-9-14(22(25)26)4-5-16(15)19/h2-5,8-9H,6-7,10H2,1H3,(H,20,23). The first-order valence-electron chi connectivity index (χ1n) is 8.09. The summed E-state index contributed by atoms with van der Waals surface area (Å²) in [6.45, 7) is 0.942. The SMILES string of the molecule is COC(=O)N1CCc2ccc(NC(=O)c3cc([N+](=O)[O-])ccc3Cl)cc2C1. The van der Waals surface area contributed by atoms with E-state index < -0.39 is 16.9 Å². The first kappa shape index (κ1) is 18.7. The van der Waals surface area contributed by atoms with E-state index >= 15 is 0 Å². The zero-order valence-corrected chi connectivity index (χ0v) is 15.2. The average molecular weight is 390 g/mol. The lowest BCUT2D eigenvalue weighted by molar-refractivity contribution is -0.384. The number of nitro groups is 1. The molecule has 0 atom stereocenters. The number of fused-ring (bicyclic) bond motifs is 1. The van der Waals surface area contributed by atoms with Gasteiger partial charge < -0.3 is 15.0 Å². The highest BCUT2D eigenvalue weighted by atomic mass is 35.5. The minimum absolute atomic E-state index is 0.0137. The number of benzene rings is 2. The van der Waals surface area contributed by atoms with E-state index in [1.54, 1.807) is 17.0 Å². The minimum Gasteiger partial charge on any atom is -0.453 e. The Kier molecular flexibility index (Phi) is 5.27. The van der Waals surface area contributed by atoms with Crippen molar-refractivity contribution in [1.82, 2.24) is 4.90 Å². The van der Waals surface area contributed by atoms with Gasteiger partial charge in [0.25, 0.3) is 11.6 Å². The highest BCUT2D eigenvalue weighted by Gasteiger charge is 2.22. The molecule has 0 bridgehead atoms. The molecule has 0 radical (unpaired) electrons. The molecule has 2 aromatic carbocycles. The Morgan fingerprint density at radius 1 is 1.22 bits per heavy atom. The van der Waals surface area contributed by atoms with E-state index in [0.29, 0.717) is 25.2 Å². The van der Waals surface area contributed by atoms with Crippen LogP contribution in [0.4, 0.5) is 16.2 Å². The van der Waals surface area contributed by atoms with E-state index in [2.05, 4.69) is 5.32 Å². The van der Waals surface area contributed by atoms with Crippen LogP contribution >= 0.6 is 11.6 Å². The lowest BCUT2D eigenvalue weighted by Crippen LogP contribution is -2.35. The molecule has 0 spiro atoms. The van der Waals surface area contributed by atoms with Crippen molar-refractivity contribution in [3.05, 3.63) is 68.2 Å². The Hall–Kier alpha value is -3.13. The van der Waals surface area contributed by atoms with E-state index in [1.165, 1.54) is 19.2 Å². The Balaban J connectivity index is 1.81. The number of methoxy groups -OCH3 is 1. The fourth-order valence-electron chi connectivity index (χ4n) is 2.92. The third-order valence-corrected chi connectivity index (χ3v) is 4.64.